The third-order valence-corrected chi connectivity index (χ3v) is 3.49. The van der Waals surface area contributed by atoms with E-state index in [1.165, 1.54) is 6.07 Å². The lowest BCUT2D eigenvalue weighted by Crippen LogP contribution is -2.43. The lowest BCUT2D eigenvalue weighted by atomic mass is 10.1. The number of benzene rings is 1. The molecule has 104 valence electrons. The van der Waals surface area contributed by atoms with E-state index in [2.05, 4.69) is 5.32 Å². The summed E-state index contributed by atoms with van der Waals surface area (Å²) in [6.45, 7) is 3.84. The highest BCUT2D eigenvalue weighted by Crippen LogP contribution is 2.27. The number of hydrogen-bond donors (Lipinski definition) is 3. The SMILES string of the molecule is CC(NCc1cccc(O)c1O)C(=O)N1CCCC1. The van der Waals surface area contributed by atoms with Gasteiger partial charge in [0.2, 0.25) is 5.91 Å². The Morgan fingerprint density at radius 1 is 1.37 bits per heavy atom. The van der Waals surface area contributed by atoms with Crippen LogP contribution in [0.1, 0.15) is 25.3 Å². The molecule has 1 heterocycles. The average Bonchev–Trinajstić information content (AvgIpc) is 2.93. The molecule has 1 aliphatic heterocycles. The molecule has 1 atom stereocenters. The third-order valence-electron chi connectivity index (χ3n) is 3.49. The molecule has 5 heteroatoms. The Bertz CT molecular complexity index is 456. The first-order chi connectivity index (χ1) is 9.09. The molecular formula is C14H20N2O3. The van der Waals surface area contributed by atoms with Crippen molar-refractivity contribution in [2.45, 2.75) is 32.4 Å². The van der Waals surface area contributed by atoms with Crippen LogP contribution in [0.25, 0.3) is 0 Å². The molecule has 1 aromatic rings. The van der Waals surface area contributed by atoms with Crippen LogP contribution >= 0.6 is 0 Å². The normalized spacial score (nSPS) is 16.6. The zero-order valence-corrected chi connectivity index (χ0v) is 11.1. The number of likely N-dealkylation sites (tertiary alicyclic amines) is 1. The van der Waals surface area contributed by atoms with E-state index in [9.17, 15) is 15.0 Å². The third kappa shape index (κ3) is 3.17. The minimum atomic E-state index is -0.292. The largest absolute Gasteiger partial charge is 0.504 e. The van der Waals surface area contributed by atoms with Gasteiger partial charge in [-0.05, 0) is 25.8 Å². The van der Waals surface area contributed by atoms with Crippen molar-refractivity contribution in [3.05, 3.63) is 23.8 Å². The predicted molar refractivity (Wildman–Crippen MR) is 71.9 cm³/mol. The zero-order valence-electron chi connectivity index (χ0n) is 11.1. The lowest BCUT2D eigenvalue weighted by Gasteiger charge is -2.21. The molecule has 1 aliphatic rings. The monoisotopic (exact) mass is 264 g/mol. The molecule has 0 aromatic heterocycles. The van der Waals surface area contributed by atoms with Crippen LogP contribution in [-0.4, -0.2) is 40.2 Å². The number of rotatable bonds is 4. The van der Waals surface area contributed by atoms with Crippen LogP contribution in [0.3, 0.4) is 0 Å². The molecule has 1 aromatic carbocycles. The standard InChI is InChI=1S/C14H20N2O3/c1-10(14(19)16-7-2-3-8-16)15-9-11-5-4-6-12(17)13(11)18/h4-6,10,15,17-18H,2-3,7-9H2,1H3. The van der Waals surface area contributed by atoms with E-state index < -0.39 is 0 Å². The molecule has 3 N–H and O–H groups in total. The molecule has 19 heavy (non-hydrogen) atoms. The molecule has 1 unspecified atom stereocenters. The van der Waals surface area contributed by atoms with Crippen molar-refractivity contribution < 1.29 is 15.0 Å². The zero-order chi connectivity index (χ0) is 13.8. The second-order valence-electron chi connectivity index (χ2n) is 4.92. The number of phenolic OH excluding ortho intramolecular Hbond substituents is 2. The summed E-state index contributed by atoms with van der Waals surface area (Å²) in [5, 5.41) is 22.2. The highest BCUT2D eigenvalue weighted by Gasteiger charge is 2.22. The van der Waals surface area contributed by atoms with Gasteiger partial charge in [-0.1, -0.05) is 12.1 Å². The first kappa shape index (κ1) is 13.7. The fourth-order valence-electron chi connectivity index (χ4n) is 2.28. The van der Waals surface area contributed by atoms with E-state index in [0.717, 1.165) is 25.9 Å². The summed E-state index contributed by atoms with van der Waals surface area (Å²) in [4.78, 5) is 13.9. The van der Waals surface area contributed by atoms with Gasteiger partial charge in [0.05, 0.1) is 6.04 Å². The number of carbonyl (C=O) groups is 1. The molecule has 5 nitrogen and oxygen atoms in total. The summed E-state index contributed by atoms with van der Waals surface area (Å²) in [7, 11) is 0. The Morgan fingerprint density at radius 3 is 2.74 bits per heavy atom. The van der Waals surface area contributed by atoms with Crippen molar-refractivity contribution in [1.29, 1.82) is 0 Å². The van der Waals surface area contributed by atoms with Crippen molar-refractivity contribution in [3.8, 4) is 11.5 Å². The Labute approximate surface area is 112 Å². The number of amides is 1. The number of para-hydroxylation sites is 1. The van der Waals surface area contributed by atoms with E-state index in [4.69, 9.17) is 0 Å². The van der Waals surface area contributed by atoms with E-state index in [0.29, 0.717) is 12.1 Å². The van der Waals surface area contributed by atoms with Crippen LogP contribution in [0.4, 0.5) is 0 Å². The Morgan fingerprint density at radius 2 is 2.05 bits per heavy atom. The second kappa shape index (κ2) is 5.93. The fraction of sp³-hybridized carbons (Fsp3) is 0.500. The highest BCUT2D eigenvalue weighted by atomic mass is 16.3. The van der Waals surface area contributed by atoms with Crippen molar-refractivity contribution in [2.75, 3.05) is 13.1 Å². The van der Waals surface area contributed by atoms with Gasteiger partial charge in [0.25, 0.3) is 0 Å². The van der Waals surface area contributed by atoms with Crippen molar-refractivity contribution in [2.24, 2.45) is 0 Å². The number of nitrogens with zero attached hydrogens (tertiary/aromatic N) is 1. The molecule has 0 aliphatic carbocycles. The van der Waals surface area contributed by atoms with Crippen LogP contribution in [0.2, 0.25) is 0 Å². The number of hydrogen-bond acceptors (Lipinski definition) is 4. The van der Waals surface area contributed by atoms with Crippen LogP contribution < -0.4 is 5.32 Å². The quantitative estimate of drug-likeness (QED) is 0.714. The van der Waals surface area contributed by atoms with Gasteiger partial charge < -0.3 is 20.4 Å². The van der Waals surface area contributed by atoms with Crippen LogP contribution in [0.15, 0.2) is 18.2 Å². The molecular weight excluding hydrogens is 244 g/mol. The number of phenols is 2. The highest BCUT2D eigenvalue weighted by molar-refractivity contribution is 5.81. The van der Waals surface area contributed by atoms with Gasteiger partial charge in [0, 0.05) is 25.2 Å². The maximum absolute atomic E-state index is 12.1. The molecule has 1 fully saturated rings. The molecule has 0 bridgehead atoms. The maximum atomic E-state index is 12.1. The van der Waals surface area contributed by atoms with Gasteiger partial charge >= 0.3 is 0 Å². The Hall–Kier alpha value is -1.75. The average molecular weight is 264 g/mol. The summed E-state index contributed by atoms with van der Waals surface area (Å²) >= 11 is 0. The Balaban J connectivity index is 1.90. The van der Waals surface area contributed by atoms with E-state index in [1.54, 1.807) is 12.1 Å². The van der Waals surface area contributed by atoms with Gasteiger partial charge in [0.1, 0.15) is 0 Å². The number of aromatic hydroxyl groups is 2. The van der Waals surface area contributed by atoms with Crippen molar-refractivity contribution in [3.63, 3.8) is 0 Å². The van der Waals surface area contributed by atoms with Gasteiger partial charge in [-0.2, -0.15) is 0 Å². The summed E-state index contributed by atoms with van der Waals surface area (Å²) in [6, 6.07) is 4.52. The van der Waals surface area contributed by atoms with E-state index in [1.807, 2.05) is 11.8 Å². The number of carbonyl (C=O) groups excluding carboxylic acids is 1. The van der Waals surface area contributed by atoms with E-state index in [-0.39, 0.29) is 23.4 Å². The first-order valence-electron chi connectivity index (χ1n) is 6.61. The smallest absolute Gasteiger partial charge is 0.239 e. The predicted octanol–water partition coefficient (Wildman–Crippen LogP) is 1.20. The minimum absolute atomic E-state index is 0.0946. The van der Waals surface area contributed by atoms with Crippen LogP contribution in [0, 0.1) is 0 Å². The molecule has 2 rings (SSSR count). The van der Waals surface area contributed by atoms with Gasteiger partial charge in [0.15, 0.2) is 11.5 Å². The second-order valence-corrected chi connectivity index (χ2v) is 4.92. The summed E-state index contributed by atoms with van der Waals surface area (Å²) < 4.78 is 0. The summed E-state index contributed by atoms with van der Waals surface area (Å²) in [6.07, 6.45) is 2.15. The molecule has 0 radical (unpaired) electrons. The van der Waals surface area contributed by atoms with Crippen LogP contribution in [-0.2, 0) is 11.3 Å². The van der Waals surface area contributed by atoms with E-state index >= 15 is 0 Å². The molecule has 0 spiro atoms. The van der Waals surface area contributed by atoms with Gasteiger partial charge in [-0.25, -0.2) is 0 Å². The molecule has 1 amide bonds. The van der Waals surface area contributed by atoms with Crippen LogP contribution in [0.5, 0.6) is 11.5 Å². The summed E-state index contributed by atoms with van der Waals surface area (Å²) in [5.74, 6) is -0.175. The summed E-state index contributed by atoms with van der Waals surface area (Å²) in [5.41, 5.74) is 0.584. The lowest BCUT2D eigenvalue weighted by molar-refractivity contribution is -0.131. The molecule has 0 saturated carbocycles. The fourth-order valence-corrected chi connectivity index (χ4v) is 2.28. The first-order valence-corrected chi connectivity index (χ1v) is 6.61. The van der Waals surface area contributed by atoms with Gasteiger partial charge in [-0.3, -0.25) is 4.79 Å². The Kier molecular flexibility index (Phi) is 4.27. The minimum Gasteiger partial charge on any atom is -0.504 e. The van der Waals surface area contributed by atoms with Crippen molar-refractivity contribution in [1.82, 2.24) is 10.2 Å². The van der Waals surface area contributed by atoms with Crippen molar-refractivity contribution >= 4 is 5.91 Å². The van der Waals surface area contributed by atoms with Gasteiger partial charge in [-0.15, -0.1) is 0 Å². The molecule has 1 saturated heterocycles. The number of nitrogens with one attached hydrogen (secondary N) is 1. The topological polar surface area (TPSA) is 72.8 Å². The maximum Gasteiger partial charge on any atom is 0.239 e.